The molecule has 2 aliphatic carbocycles. The second-order valence-corrected chi connectivity index (χ2v) is 10.7. The quantitative estimate of drug-likeness (QED) is 0.623. The third-order valence-corrected chi connectivity index (χ3v) is 9.14. The number of rotatable bonds is 5. The number of likely N-dealkylation sites (tertiary alicyclic amines) is 1. The van der Waals surface area contributed by atoms with Crippen LogP contribution in [0.1, 0.15) is 36.0 Å². The van der Waals surface area contributed by atoms with Crippen LogP contribution < -0.4 is 4.74 Å². The van der Waals surface area contributed by atoms with E-state index < -0.39 is 28.8 Å². The predicted octanol–water partition coefficient (Wildman–Crippen LogP) is 3.08. The second-order valence-electron chi connectivity index (χ2n) is 10.7. The van der Waals surface area contributed by atoms with Gasteiger partial charge in [0.2, 0.25) is 5.91 Å². The fourth-order valence-corrected chi connectivity index (χ4v) is 7.52. The number of amides is 1. The molecule has 1 saturated carbocycles. The zero-order valence-corrected chi connectivity index (χ0v) is 20.2. The number of nitrogens with zero attached hydrogens (tertiary/aromatic N) is 2. The molecule has 36 heavy (non-hydrogen) atoms. The minimum atomic E-state index is -1.08. The summed E-state index contributed by atoms with van der Waals surface area (Å²) in [5.74, 6) is -1.72. The number of hydrogen-bond donors (Lipinski definition) is 2. The topological polar surface area (TPSA) is 73.2 Å². The Morgan fingerprint density at radius 2 is 2.08 bits per heavy atom. The van der Waals surface area contributed by atoms with Gasteiger partial charge in [0, 0.05) is 25.2 Å². The van der Waals surface area contributed by atoms with Gasteiger partial charge in [-0.15, -0.1) is 6.58 Å². The van der Waals surface area contributed by atoms with E-state index in [1.165, 1.54) is 6.07 Å². The zero-order valence-electron chi connectivity index (χ0n) is 20.2. The van der Waals surface area contributed by atoms with Crippen molar-refractivity contribution >= 4 is 5.91 Å². The maximum absolute atomic E-state index is 13.7. The van der Waals surface area contributed by atoms with E-state index in [1.807, 2.05) is 12.1 Å². The highest BCUT2D eigenvalue weighted by Gasteiger charge is 2.73. The maximum atomic E-state index is 13.7. The summed E-state index contributed by atoms with van der Waals surface area (Å²) in [4.78, 5) is 17.2. The third-order valence-electron chi connectivity index (χ3n) is 9.14. The van der Waals surface area contributed by atoms with E-state index in [0.29, 0.717) is 43.5 Å². The first-order chi connectivity index (χ1) is 17.2. The van der Waals surface area contributed by atoms with Crippen molar-refractivity contribution in [1.29, 1.82) is 0 Å². The molecular formula is C28H30F2N2O4. The molecule has 6 nitrogen and oxygen atoms in total. The number of benzene rings is 2. The van der Waals surface area contributed by atoms with E-state index in [-0.39, 0.29) is 30.2 Å². The fourth-order valence-electron chi connectivity index (χ4n) is 7.52. The summed E-state index contributed by atoms with van der Waals surface area (Å²) in [6.07, 6.45) is 3.53. The molecule has 190 valence electrons. The van der Waals surface area contributed by atoms with Gasteiger partial charge in [-0.05, 0) is 61.6 Å². The van der Waals surface area contributed by atoms with Crippen LogP contribution in [-0.2, 0) is 23.1 Å². The molecule has 5 atom stereocenters. The van der Waals surface area contributed by atoms with Crippen LogP contribution in [0.2, 0.25) is 0 Å². The number of carbonyl (C=O) groups is 1. The Balaban J connectivity index is 1.38. The van der Waals surface area contributed by atoms with Crippen LogP contribution in [0.5, 0.6) is 11.5 Å². The molecule has 2 heterocycles. The summed E-state index contributed by atoms with van der Waals surface area (Å²) in [5.41, 5.74) is 0.505. The maximum Gasteiger partial charge on any atom is 0.227 e. The molecule has 2 bridgehead atoms. The molecule has 0 unspecified atom stereocenters. The highest BCUT2D eigenvalue weighted by Crippen LogP contribution is 2.65. The largest absolute Gasteiger partial charge is 0.504 e. The molecule has 1 amide bonds. The van der Waals surface area contributed by atoms with Gasteiger partial charge >= 0.3 is 0 Å². The van der Waals surface area contributed by atoms with E-state index in [1.54, 1.807) is 18.0 Å². The van der Waals surface area contributed by atoms with E-state index in [4.69, 9.17) is 4.74 Å². The van der Waals surface area contributed by atoms with Crippen molar-refractivity contribution in [2.75, 3.05) is 20.1 Å². The summed E-state index contributed by atoms with van der Waals surface area (Å²) >= 11 is 0. The van der Waals surface area contributed by atoms with Gasteiger partial charge in [-0.1, -0.05) is 18.2 Å². The van der Waals surface area contributed by atoms with Crippen LogP contribution in [0.4, 0.5) is 8.78 Å². The van der Waals surface area contributed by atoms with Crippen molar-refractivity contribution in [3.05, 3.63) is 71.3 Å². The van der Waals surface area contributed by atoms with Crippen LogP contribution in [0.15, 0.2) is 43.0 Å². The molecule has 2 aromatic rings. The van der Waals surface area contributed by atoms with Crippen LogP contribution >= 0.6 is 0 Å². The van der Waals surface area contributed by atoms with Crippen molar-refractivity contribution in [3.63, 3.8) is 0 Å². The zero-order chi connectivity index (χ0) is 25.4. The number of ether oxygens (including phenoxy) is 1. The number of likely N-dealkylation sites (N-methyl/N-ethyl adjacent to an activating group) is 1. The van der Waals surface area contributed by atoms with Gasteiger partial charge in [-0.3, -0.25) is 9.69 Å². The lowest BCUT2D eigenvalue weighted by Crippen LogP contribution is -2.78. The van der Waals surface area contributed by atoms with E-state index >= 15 is 0 Å². The first-order valence-electron chi connectivity index (χ1n) is 12.5. The number of carbonyl (C=O) groups excluding carboxylic acids is 1. The van der Waals surface area contributed by atoms with E-state index in [0.717, 1.165) is 29.8 Å². The van der Waals surface area contributed by atoms with Crippen LogP contribution in [-0.4, -0.2) is 69.8 Å². The number of hydrogen-bond acceptors (Lipinski definition) is 5. The number of piperidine rings is 1. The van der Waals surface area contributed by atoms with Crippen molar-refractivity contribution in [2.45, 2.75) is 61.3 Å². The number of aliphatic hydroxyl groups is 1. The molecular weight excluding hydrogens is 466 g/mol. The first-order valence-corrected chi connectivity index (χ1v) is 12.5. The highest BCUT2D eigenvalue weighted by atomic mass is 19.2. The van der Waals surface area contributed by atoms with Gasteiger partial charge in [0.15, 0.2) is 23.1 Å². The lowest BCUT2D eigenvalue weighted by atomic mass is 9.48. The predicted molar refractivity (Wildman–Crippen MR) is 129 cm³/mol. The minimum absolute atomic E-state index is 0.0429. The summed E-state index contributed by atoms with van der Waals surface area (Å²) in [6, 6.07) is 6.58. The van der Waals surface area contributed by atoms with E-state index in [9.17, 15) is 23.8 Å². The molecule has 4 aliphatic rings. The summed E-state index contributed by atoms with van der Waals surface area (Å²) in [7, 11) is 1.70. The van der Waals surface area contributed by atoms with Crippen LogP contribution in [0.3, 0.4) is 0 Å². The summed E-state index contributed by atoms with van der Waals surface area (Å²) < 4.78 is 33.6. The molecule has 2 aromatic carbocycles. The van der Waals surface area contributed by atoms with Gasteiger partial charge in [0.05, 0.1) is 23.5 Å². The molecule has 2 fully saturated rings. The average molecular weight is 497 g/mol. The Bertz CT molecular complexity index is 1270. The molecule has 1 spiro atoms. The number of aromatic hydroxyl groups is 1. The Kier molecular flexibility index (Phi) is 5.22. The van der Waals surface area contributed by atoms with Crippen molar-refractivity contribution in [1.82, 2.24) is 9.80 Å². The fraction of sp³-hybridized carbons (Fsp3) is 0.464. The molecule has 0 aromatic heterocycles. The lowest BCUT2D eigenvalue weighted by molar-refractivity contribution is -0.198. The standard InChI is InChI=1S/C28H30F2N2O4/c1-3-11-32-12-10-27-24-17-5-7-21(33)25(24)36-26(27)20(8-9-28(27,35)22(32)15-17)31(2)23(34)14-16-4-6-18(29)19(30)13-16/h3-7,13,20,22,26,33,35H,1,8-12,14-15H2,2H3/t20-,22-,26+,27+,28-/m1/s1. The molecule has 2 aliphatic heterocycles. The number of phenols is 1. The smallest absolute Gasteiger partial charge is 0.227 e. The molecule has 0 radical (unpaired) electrons. The Hall–Kier alpha value is -2.97. The van der Waals surface area contributed by atoms with Crippen LogP contribution in [0.25, 0.3) is 0 Å². The lowest BCUT2D eigenvalue weighted by Gasteiger charge is -2.64. The van der Waals surface area contributed by atoms with Gasteiger partial charge < -0.3 is 19.8 Å². The van der Waals surface area contributed by atoms with Crippen LogP contribution in [0, 0.1) is 11.6 Å². The monoisotopic (exact) mass is 496 g/mol. The Labute approximate surface area is 208 Å². The second kappa shape index (κ2) is 8.02. The molecule has 1 saturated heterocycles. The summed E-state index contributed by atoms with van der Waals surface area (Å²) in [5, 5.41) is 23.1. The minimum Gasteiger partial charge on any atom is -0.504 e. The normalized spacial score (nSPS) is 31.9. The van der Waals surface area contributed by atoms with E-state index in [2.05, 4.69) is 11.5 Å². The van der Waals surface area contributed by atoms with Gasteiger partial charge in [0.25, 0.3) is 0 Å². The molecule has 8 heteroatoms. The SMILES string of the molecule is C=CCN1CC[C@]23c4c5ccc(O)c4O[C@H]2[C@H](N(C)C(=O)Cc2ccc(F)c(F)c2)CC[C@@]3(O)[C@H]1C5. The molecule has 2 N–H and O–H groups in total. The Morgan fingerprint density at radius 3 is 2.83 bits per heavy atom. The van der Waals surface area contributed by atoms with Crippen molar-refractivity contribution in [3.8, 4) is 11.5 Å². The third kappa shape index (κ3) is 2.97. The van der Waals surface area contributed by atoms with Gasteiger partial charge in [0.1, 0.15) is 6.10 Å². The van der Waals surface area contributed by atoms with Gasteiger partial charge in [-0.25, -0.2) is 8.78 Å². The molecule has 6 rings (SSSR count). The number of halogens is 2. The number of phenolic OH excluding ortho intramolecular Hbond substituents is 1. The van der Waals surface area contributed by atoms with Gasteiger partial charge in [-0.2, -0.15) is 0 Å². The highest BCUT2D eigenvalue weighted by molar-refractivity contribution is 5.79. The van der Waals surface area contributed by atoms with Crippen molar-refractivity contribution in [2.24, 2.45) is 0 Å². The average Bonchev–Trinajstić information content (AvgIpc) is 3.20. The Morgan fingerprint density at radius 1 is 1.28 bits per heavy atom. The summed E-state index contributed by atoms with van der Waals surface area (Å²) in [6.45, 7) is 5.31. The first kappa shape index (κ1) is 23.4. The van der Waals surface area contributed by atoms with Crippen molar-refractivity contribution < 1.29 is 28.5 Å².